The Morgan fingerprint density at radius 1 is 1.20 bits per heavy atom. The van der Waals surface area contributed by atoms with Crippen molar-refractivity contribution in [3.63, 3.8) is 0 Å². The van der Waals surface area contributed by atoms with E-state index in [2.05, 4.69) is 10.6 Å². The van der Waals surface area contributed by atoms with Gasteiger partial charge in [0.1, 0.15) is 5.00 Å². The lowest BCUT2D eigenvalue weighted by molar-refractivity contribution is -0.123. The number of rotatable bonds is 8. The normalized spacial score (nSPS) is 13.2. The Bertz CT molecular complexity index is 669. The van der Waals surface area contributed by atoms with Gasteiger partial charge in [-0.25, -0.2) is 0 Å². The SMILES string of the molecule is CCN(CC(=O)Nc1sc2c(c1C(N)=O)CCC2)CC(=O)NC(C)C. The first-order valence-corrected chi connectivity index (χ1v) is 9.39. The number of primary amides is 1. The summed E-state index contributed by atoms with van der Waals surface area (Å²) < 4.78 is 0. The van der Waals surface area contributed by atoms with E-state index in [-0.39, 0.29) is 30.9 Å². The lowest BCUT2D eigenvalue weighted by Gasteiger charge is -2.20. The van der Waals surface area contributed by atoms with Crippen molar-refractivity contribution in [1.82, 2.24) is 10.2 Å². The molecule has 7 nitrogen and oxygen atoms in total. The van der Waals surface area contributed by atoms with Crippen LogP contribution in [0.1, 0.15) is 48.0 Å². The van der Waals surface area contributed by atoms with Crippen LogP contribution in [-0.4, -0.2) is 48.3 Å². The van der Waals surface area contributed by atoms with Crippen LogP contribution in [0, 0.1) is 0 Å². The van der Waals surface area contributed by atoms with Crippen LogP contribution in [0.25, 0.3) is 0 Å². The third-order valence-electron chi connectivity index (χ3n) is 4.05. The molecule has 25 heavy (non-hydrogen) atoms. The van der Waals surface area contributed by atoms with Crippen molar-refractivity contribution in [3.05, 3.63) is 16.0 Å². The molecule has 1 aliphatic carbocycles. The van der Waals surface area contributed by atoms with Crippen LogP contribution >= 0.6 is 11.3 Å². The van der Waals surface area contributed by atoms with Crippen LogP contribution in [0.2, 0.25) is 0 Å². The Kier molecular flexibility index (Phi) is 6.55. The molecule has 0 aromatic carbocycles. The summed E-state index contributed by atoms with van der Waals surface area (Å²) in [5.41, 5.74) is 6.93. The van der Waals surface area contributed by atoms with Gasteiger partial charge in [-0.3, -0.25) is 19.3 Å². The molecule has 0 aliphatic heterocycles. The average Bonchev–Trinajstić information content (AvgIpc) is 3.05. The second-order valence-corrected chi connectivity index (χ2v) is 7.60. The van der Waals surface area contributed by atoms with E-state index in [4.69, 9.17) is 5.73 Å². The number of hydrogen-bond acceptors (Lipinski definition) is 5. The molecule has 1 aromatic heterocycles. The fourth-order valence-electron chi connectivity index (χ4n) is 2.97. The van der Waals surface area contributed by atoms with Gasteiger partial charge in [0, 0.05) is 10.9 Å². The van der Waals surface area contributed by atoms with Gasteiger partial charge in [0.15, 0.2) is 0 Å². The topological polar surface area (TPSA) is 105 Å². The van der Waals surface area contributed by atoms with Gasteiger partial charge in [-0.1, -0.05) is 6.92 Å². The number of nitrogens with one attached hydrogen (secondary N) is 2. The van der Waals surface area contributed by atoms with Gasteiger partial charge < -0.3 is 16.4 Å². The first-order chi connectivity index (χ1) is 11.8. The van der Waals surface area contributed by atoms with Crippen LogP contribution in [0.5, 0.6) is 0 Å². The van der Waals surface area contributed by atoms with E-state index in [1.807, 2.05) is 20.8 Å². The molecule has 0 saturated heterocycles. The smallest absolute Gasteiger partial charge is 0.251 e. The summed E-state index contributed by atoms with van der Waals surface area (Å²) in [4.78, 5) is 38.9. The Morgan fingerprint density at radius 3 is 2.48 bits per heavy atom. The lowest BCUT2D eigenvalue weighted by atomic mass is 10.1. The van der Waals surface area contributed by atoms with Gasteiger partial charge in [-0.15, -0.1) is 11.3 Å². The quantitative estimate of drug-likeness (QED) is 0.641. The molecule has 2 rings (SSSR count). The number of nitrogens with zero attached hydrogens (tertiary/aromatic N) is 1. The number of thiophene rings is 1. The van der Waals surface area contributed by atoms with Gasteiger partial charge >= 0.3 is 0 Å². The van der Waals surface area contributed by atoms with Crippen LogP contribution in [0.15, 0.2) is 0 Å². The maximum Gasteiger partial charge on any atom is 0.251 e. The number of carbonyl (C=O) groups excluding carboxylic acids is 3. The summed E-state index contributed by atoms with van der Waals surface area (Å²) in [6, 6.07) is 0.0617. The van der Waals surface area contributed by atoms with Crippen LogP contribution in [0.3, 0.4) is 0 Å². The molecule has 4 N–H and O–H groups in total. The monoisotopic (exact) mass is 366 g/mol. The molecular weight excluding hydrogens is 340 g/mol. The number of amides is 3. The summed E-state index contributed by atoms with van der Waals surface area (Å²) in [6.45, 7) is 6.49. The first kappa shape index (κ1) is 19.4. The molecule has 0 radical (unpaired) electrons. The second kappa shape index (κ2) is 8.44. The molecule has 1 aliphatic rings. The number of aryl methyl sites for hydroxylation is 1. The molecule has 1 aromatic rings. The lowest BCUT2D eigenvalue weighted by Crippen LogP contribution is -2.42. The summed E-state index contributed by atoms with van der Waals surface area (Å²) in [5.74, 6) is -0.863. The number of likely N-dealkylation sites (N-methyl/N-ethyl adjacent to an activating group) is 1. The van der Waals surface area contributed by atoms with Crippen LogP contribution < -0.4 is 16.4 Å². The Morgan fingerprint density at radius 2 is 1.88 bits per heavy atom. The van der Waals surface area contributed by atoms with E-state index < -0.39 is 5.91 Å². The number of anilines is 1. The number of hydrogen-bond donors (Lipinski definition) is 3. The van der Waals surface area contributed by atoms with Crippen molar-refractivity contribution in [2.45, 2.75) is 46.1 Å². The largest absolute Gasteiger partial charge is 0.365 e. The highest BCUT2D eigenvalue weighted by atomic mass is 32.1. The Labute approximate surface area is 151 Å². The highest BCUT2D eigenvalue weighted by Gasteiger charge is 2.26. The maximum atomic E-state index is 12.4. The van der Waals surface area contributed by atoms with Crippen molar-refractivity contribution >= 4 is 34.1 Å². The predicted molar refractivity (Wildman–Crippen MR) is 98.9 cm³/mol. The molecule has 0 unspecified atom stereocenters. The predicted octanol–water partition coefficient (Wildman–Crippen LogP) is 1.12. The van der Waals surface area contributed by atoms with Gasteiger partial charge in [-0.05, 0) is 45.2 Å². The average molecular weight is 366 g/mol. The summed E-state index contributed by atoms with van der Waals surface area (Å²) in [6.07, 6.45) is 2.77. The molecule has 0 atom stereocenters. The van der Waals surface area contributed by atoms with E-state index in [1.54, 1.807) is 4.90 Å². The zero-order valence-electron chi connectivity index (χ0n) is 15.0. The molecule has 0 fully saturated rings. The van der Waals surface area contributed by atoms with E-state index >= 15 is 0 Å². The zero-order chi connectivity index (χ0) is 18.6. The van der Waals surface area contributed by atoms with E-state index in [0.29, 0.717) is 17.1 Å². The van der Waals surface area contributed by atoms with E-state index in [9.17, 15) is 14.4 Å². The van der Waals surface area contributed by atoms with Gasteiger partial charge in [0.2, 0.25) is 11.8 Å². The van der Waals surface area contributed by atoms with Gasteiger partial charge in [-0.2, -0.15) is 0 Å². The fourth-order valence-corrected chi connectivity index (χ4v) is 4.28. The highest BCUT2D eigenvalue weighted by Crippen LogP contribution is 2.38. The Balaban J connectivity index is 2.00. The van der Waals surface area contributed by atoms with Crippen molar-refractivity contribution in [3.8, 4) is 0 Å². The molecular formula is C17H26N4O3S. The highest BCUT2D eigenvalue weighted by molar-refractivity contribution is 7.17. The van der Waals surface area contributed by atoms with E-state index in [1.165, 1.54) is 11.3 Å². The minimum absolute atomic E-state index is 0.0617. The molecule has 3 amide bonds. The van der Waals surface area contributed by atoms with Crippen molar-refractivity contribution in [1.29, 1.82) is 0 Å². The molecule has 0 spiro atoms. The first-order valence-electron chi connectivity index (χ1n) is 8.57. The summed E-state index contributed by atoms with van der Waals surface area (Å²) in [5, 5.41) is 6.15. The standard InChI is InChI=1S/C17H26N4O3S/c1-4-21(8-13(22)19-10(2)3)9-14(23)20-17-15(16(18)24)11-6-5-7-12(11)25-17/h10H,4-9H2,1-3H3,(H2,18,24)(H,19,22)(H,20,23). The summed E-state index contributed by atoms with van der Waals surface area (Å²) in [7, 11) is 0. The third kappa shape index (κ3) is 5.02. The number of nitrogens with two attached hydrogens (primary N) is 1. The zero-order valence-corrected chi connectivity index (χ0v) is 15.8. The number of carbonyl (C=O) groups is 3. The third-order valence-corrected chi connectivity index (χ3v) is 5.26. The van der Waals surface area contributed by atoms with Gasteiger partial charge in [0.25, 0.3) is 5.91 Å². The fraction of sp³-hybridized carbons (Fsp3) is 0.588. The minimum atomic E-state index is -0.502. The van der Waals surface area contributed by atoms with Crippen molar-refractivity contribution in [2.75, 3.05) is 25.0 Å². The molecule has 138 valence electrons. The van der Waals surface area contributed by atoms with Gasteiger partial charge in [0.05, 0.1) is 18.7 Å². The second-order valence-electron chi connectivity index (χ2n) is 6.50. The van der Waals surface area contributed by atoms with Crippen molar-refractivity contribution in [2.24, 2.45) is 5.73 Å². The molecule has 0 bridgehead atoms. The Hall–Kier alpha value is -1.93. The summed E-state index contributed by atoms with van der Waals surface area (Å²) >= 11 is 1.43. The minimum Gasteiger partial charge on any atom is -0.365 e. The van der Waals surface area contributed by atoms with E-state index in [0.717, 1.165) is 29.7 Å². The van der Waals surface area contributed by atoms with Crippen LogP contribution in [0.4, 0.5) is 5.00 Å². The number of fused-ring (bicyclic) bond motifs is 1. The molecule has 8 heteroatoms. The maximum absolute atomic E-state index is 12.4. The molecule has 0 saturated carbocycles. The molecule has 1 heterocycles. The van der Waals surface area contributed by atoms with Crippen LogP contribution in [-0.2, 0) is 22.4 Å². The van der Waals surface area contributed by atoms with Crippen molar-refractivity contribution < 1.29 is 14.4 Å².